The number of aliphatic hydroxyl groups excluding tert-OH is 8. The Balaban J connectivity index is 1.35. The van der Waals surface area contributed by atoms with Gasteiger partial charge in [-0.3, -0.25) is 14.4 Å². The van der Waals surface area contributed by atoms with Crippen LogP contribution in [0.4, 0.5) is 0 Å². The normalized spacial score (nSPS) is 45.5. The van der Waals surface area contributed by atoms with Gasteiger partial charge < -0.3 is 102 Å². The second-order valence-electron chi connectivity index (χ2n) is 21.9. The Morgan fingerprint density at radius 3 is 1.71 bits per heavy atom. The van der Waals surface area contributed by atoms with Gasteiger partial charge in [0.05, 0.1) is 42.5 Å². The fourth-order valence-corrected chi connectivity index (χ4v) is 10.7. The molecule has 0 aromatic carbocycles. The number of rotatable bonds is 14. The van der Waals surface area contributed by atoms with E-state index in [1.807, 2.05) is 0 Å². The van der Waals surface area contributed by atoms with Crippen molar-refractivity contribution in [1.82, 2.24) is 0 Å². The third-order valence-electron chi connectivity index (χ3n) is 15.7. The van der Waals surface area contributed by atoms with Crippen LogP contribution >= 0.6 is 0 Å². The summed E-state index contributed by atoms with van der Waals surface area (Å²) in [6, 6.07) is 0. The number of carbonyl (C=O) groups is 3. The zero-order chi connectivity index (χ0) is 56.4. The van der Waals surface area contributed by atoms with Crippen LogP contribution in [0.5, 0.6) is 0 Å². The van der Waals surface area contributed by atoms with Gasteiger partial charge in [0.15, 0.2) is 49.8 Å². The van der Waals surface area contributed by atoms with E-state index in [2.05, 4.69) is 6.92 Å². The highest BCUT2D eigenvalue weighted by molar-refractivity contribution is 5.72. The van der Waals surface area contributed by atoms with Crippen molar-refractivity contribution in [2.45, 2.75) is 312 Å². The summed E-state index contributed by atoms with van der Waals surface area (Å²) < 4.78 is 80.8. The molecular formula is C53H90O24. The summed E-state index contributed by atoms with van der Waals surface area (Å²) in [5.74, 6) is -2.98. The molecule has 24 nitrogen and oxygen atoms in total. The van der Waals surface area contributed by atoms with Crippen molar-refractivity contribution in [3.63, 3.8) is 0 Å². The molecule has 6 fully saturated rings. The van der Waals surface area contributed by atoms with Gasteiger partial charge in [-0.1, -0.05) is 78.6 Å². The molecule has 0 aliphatic carbocycles. The van der Waals surface area contributed by atoms with E-state index >= 15 is 0 Å². The van der Waals surface area contributed by atoms with Crippen LogP contribution < -0.4 is 0 Å². The number of carbonyl (C=O) groups excluding carboxylic acids is 3. The fraction of sp³-hybridized carbons (Fsp3) is 0.943. The van der Waals surface area contributed by atoms with Crippen molar-refractivity contribution in [3.8, 4) is 0 Å². The maximum atomic E-state index is 14.0. The molecule has 77 heavy (non-hydrogen) atoms. The van der Waals surface area contributed by atoms with Gasteiger partial charge in [0, 0.05) is 13.3 Å². The Kier molecular flexibility index (Phi) is 24.6. The van der Waals surface area contributed by atoms with E-state index in [0.29, 0.717) is 19.3 Å². The largest absolute Gasteiger partial charge is 0.457 e. The minimum Gasteiger partial charge on any atom is -0.457 e. The van der Waals surface area contributed by atoms with Crippen molar-refractivity contribution in [1.29, 1.82) is 0 Å². The molecular weight excluding hydrogens is 1020 g/mol. The molecule has 0 aromatic rings. The second-order valence-corrected chi connectivity index (χ2v) is 21.9. The number of ether oxygens (including phenoxy) is 13. The zero-order valence-electron chi connectivity index (χ0n) is 46.1. The van der Waals surface area contributed by atoms with E-state index in [1.54, 1.807) is 20.8 Å². The third-order valence-corrected chi connectivity index (χ3v) is 15.7. The van der Waals surface area contributed by atoms with E-state index < -0.39 is 177 Å². The van der Waals surface area contributed by atoms with Gasteiger partial charge in [0.1, 0.15) is 73.2 Å². The van der Waals surface area contributed by atoms with E-state index in [0.717, 1.165) is 71.1 Å². The molecule has 6 aliphatic heterocycles. The fourth-order valence-electron chi connectivity index (χ4n) is 10.7. The molecule has 0 radical (unpaired) electrons. The Labute approximate surface area is 451 Å². The Hall–Kier alpha value is -2.31. The molecule has 6 heterocycles. The SMILES string of the molecule is CCCCCC1CCCCCCCCCC(=O)O[C@H]2[C@H](O[C@H]3[C@H](O1)O[C@H](C)[C@H](O)[C@@H]3O)O[C@@H](C)[C@H](O[C@@H]1O[C@@H](C)[C@H](O[C@@H]3O[C@@H](C)[C@H](OC(C)=O)[C@@H](O)[C@H]3O)[C@@H](O[C@@H]3O[C@@H](C)[C@H](O)[C@@H](O)[C@H]3O)[C@H]1OC(=O)[C@H](C)CC)[C@H]2O. The second kappa shape index (κ2) is 29.6. The van der Waals surface area contributed by atoms with Gasteiger partial charge in [-0.2, -0.15) is 0 Å². The molecule has 6 rings (SSSR count). The molecule has 0 spiro atoms. The van der Waals surface area contributed by atoms with Crippen LogP contribution in [0.2, 0.25) is 0 Å². The number of hydrogen-bond acceptors (Lipinski definition) is 24. The standard InChI is InChI=1S/C53H90O24/c1-10-12-18-21-31-22-19-16-14-13-15-17-20-23-32(55)72-45-40(63)42(28(7)68-52(45)76-44-36(59)34(57)26(5)66-51(44)71-31)74-53-47(73-48(64)24(3)11-2)46(77-49-38(61)35(58)33(56)25(4)65-49)43(29(8)69-53)75-50-39(62)37(60)41(27(6)67-50)70-30(9)54/h24-29,31,33-47,49-53,56-63H,10-23H2,1-9H3/t24-,25+,26-,27+,28+,29+,31?,33+,34+,35-,36+,37+,38-,39-,40-,41+,42+,43+,44-,45-,46-,47-,49+,50+,51+,52+,53+/m1/s1. The number of unbranched alkanes of at least 4 members (excludes halogenated alkanes) is 2. The van der Waals surface area contributed by atoms with Crippen LogP contribution in [0, 0.1) is 5.92 Å². The van der Waals surface area contributed by atoms with Crippen LogP contribution in [0.25, 0.3) is 0 Å². The molecule has 0 bridgehead atoms. The van der Waals surface area contributed by atoms with E-state index in [-0.39, 0.29) is 12.5 Å². The Morgan fingerprint density at radius 1 is 0.519 bits per heavy atom. The molecule has 446 valence electrons. The van der Waals surface area contributed by atoms with Gasteiger partial charge in [0.2, 0.25) is 0 Å². The van der Waals surface area contributed by atoms with Crippen molar-refractivity contribution in [3.05, 3.63) is 0 Å². The molecule has 24 heteroatoms. The van der Waals surface area contributed by atoms with Crippen molar-refractivity contribution >= 4 is 17.9 Å². The van der Waals surface area contributed by atoms with Crippen LogP contribution in [-0.4, -0.2) is 218 Å². The highest BCUT2D eigenvalue weighted by Gasteiger charge is 2.58. The molecule has 1 unspecified atom stereocenters. The van der Waals surface area contributed by atoms with Crippen LogP contribution in [0.3, 0.4) is 0 Å². The number of hydrogen-bond donors (Lipinski definition) is 8. The monoisotopic (exact) mass is 1110 g/mol. The highest BCUT2D eigenvalue weighted by atomic mass is 16.8. The van der Waals surface area contributed by atoms with Crippen LogP contribution in [0.15, 0.2) is 0 Å². The predicted octanol–water partition coefficient (Wildman–Crippen LogP) is 1.43. The van der Waals surface area contributed by atoms with Crippen molar-refractivity contribution in [2.75, 3.05) is 0 Å². The lowest BCUT2D eigenvalue weighted by molar-refractivity contribution is -0.399. The lowest BCUT2D eigenvalue weighted by Gasteiger charge is -2.51. The molecule has 0 saturated carbocycles. The van der Waals surface area contributed by atoms with E-state index in [4.69, 9.17) is 61.6 Å². The summed E-state index contributed by atoms with van der Waals surface area (Å²) in [5, 5.41) is 90.6. The van der Waals surface area contributed by atoms with E-state index in [1.165, 1.54) is 27.7 Å². The number of esters is 3. The zero-order valence-corrected chi connectivity index (χ0v) is 46.1. The van der Waals surface area contributed by atoms with Gasteiger partial charge in [-0.25, -0.2) is 0 Å². The average Bonchev–Trinajstić information content (AvgIpc) is 3.42. The van der Waals surface area contributed by atoms with Crippen molar-refractivity contribution < 1.29 is 117 Å². The van der Waals surface area contributed by atoms with Gasteiger partial charge in [-0.05, 0) is 60.3 Å². The number of fused-ring (bicyclic) bond motifs is 2. The Morgan fingerprint density at radius 2 is 1.05 bits per heavy atom. The van der Waals surface area contributed by atoms with E-state index in [9.17, 15) is 55.2 Å². The van der Waals surface area contributed by atoms with Gasteiger partial charge in [0.25, 0.3) is 0 Å². The van der Waals surface area contributed by atoms with Crippen LogP contribution in [0.1, 0.15) is 152 Å². The number of aliphatic hydroxyl groups is 8. The summed E-state index contributed by atoms with van der Waals surface area (Å²) in [5.41, 5.74) is 0. The predicted molar refractivity (Wildman–Crippen MR) is 265 cm³/mol. The first-order valence-corrected chi connectivity index (χ1v) is 28.1. The smallest absolute Gasteiger partial charge is 0.309 e. The average molecular weight is 1110 g/mol. The third kappa shape index (κ3) is 16.2. The van der Waals surface area contributed by atoms with Crippen LogP contribution in [-0.2, 0) is 76.0 Å². The highest BCUT2D eigenvalue weighted by Crippen LogP contribution is 2.39. The quantitative estimate of drug-likeness (QED) is 0.0693. The molecule has 0 amide bonds. The lowest BCUT2D eigenvalue weighted by Crippen LogP contribution is -2.68. The molecule has 0 aromatic heterocycles. The lowest BCUT2D eigenvalue weighted by atomic mass is 9.95. The molecule has 6 saturated heterocycles. The first-order chi connectivity index (χ1) is 36.6. The summed E-state index contributed by atoms with van der Waals surface area (Å²) in [4.78, 5) is 39.6. The molecule has 27 atom stereocenters. The van der Waals surface area contributed by atoms with Crippen molar-refractivity contribution in [2.24, 2.45) is 5.92 Å². The minimum atomic E-state index is -1.90. The topological polar surface area (TPSA) is 333 Å². The first kappa shape index (κ1) is 63.9. The summed E-state index contributed by atoms with van der Waals surface area (Å²) >= 11 is 0. The maximum Gasteiger partial charge on any atom is 0.309 e. The first-order valence-electron chi connectivity index (χ1n) is 28.1. The Bertz CT molecular complexity index is 1820. The minimum absolute atomic E-state index is 0.0239. The van der Waals surface area contributed by atoms with Gasteiger partial charge in [-0.15, -0.1) is 0 Å². The maximum absolute atomic E-state index is 14.0. The van der Waals surface area contributed by atoms with Gasteiger partial charge >= 0.3 is 17.9 Å². The summed E-state index contributed by atoms with van der Waals surface area (Å²) in [6.07, 6.45) is -27.6. The summed E-state index contributed by atoms with van der Waals surface area (Å²) in [7, 11) is 0. The summed E-state index contributed by atoms with van der Waals surface area (Å²) in [6.45, 7) is 14.1. The molecule has 8 N–H and O–H groups in total. The molecule has 6 aliphatic rings.